The zero-order valence-electron chi connectivity index (χ0n) is 13.7. The molecule has 0 spiro atoms. The van der Waals surface area contributed by atoms with E-state index in [2.05, 4.69) is 15.2 Å². The minimum absolute atomic E-state index is 0.0695. The number of H-pyrrole nitrogens is 1. The van der Waals surface area contributed by atoms with Gasteiger partial charge in [-0.05, 0) is 43.7 Å². The lowest BCUT2D eigenvalue weighted by molar-refractivity contribution is -0.000618. The number of rotatable bonds is 4. The van der Waals surface area contributed by atoms with Gasteiger partial charge in [0.2, 0.25) is 0 Å². The number of hydrogen-bond donors (Lipinski definition) is 1. The molecular formula is C18H22N4O2. The second-order valence-electron chi connectivity index (χ2n) is 6.55. The predicted octanol–water partition coefficient (Wildman–Crippen LogP) is 2.11. The van der Waals surface area contributed by atoms with E-state index in [9.17, 15) is 4.79 Å². The van der Waals surface area contributed by atoms with Crippen LogP contribution in [0.2, 0.25) is 0 Å². The van der Waals surface area contributed by atoms with Crippen molar-refractivity contribution in [2.75, 3.05) is 13.1 Å². The average molecular weight is 326 g/mol. The third-order valence-corrected chi connectivity index (χ3v) is 4.95. The highest BCUT2D eigenvalue weighted by molar-refractivity contribution is 5.94. The molecule has 0 atom stereocenters. The normalized spacial score (nSPS) is 17.9. The lowest BCUT2D eigenvalue weighted by Gasteiger charge is -2.31. The van der Waals surface area contributed by atoms with E-state index in [4.69, 9.17) is 4.74 Å². The van der Waals surface area contributed by atoms with Crippen molar-refractivity contribution >= 4 is 5.91 Å². The van der Waals surface area contributed by atoms with Gasteiger partial charge in [0.05, 0.1) is 12.7 Å². The Labute approximate surface area is 141 Å². The summed E-state index contributed by atoms with van der Waals surface area (Å²) in [5, 5.41) is 7.28. The molecule has 2 aromatic heterocycles. The minimum Gasteiger partial charge on any atom is -0.373 e. The summed E-state index contributed by atoms with van der Waals surface area (Å²) in [6.07, 6.45) is 8.65. The van der Waals surface area contributed by atoms with Crippen LogP contribution < -0.4 is 0 Å². The van der Waals surface area contributed by atoms with Gasteiger partial charge in [0, 0.05) is 36.7 Å². The van der Waals surface area contributed by atoms with E-state index < -0.39 is 0 Å². The van der Waals surface area contributed by atoms with Gasteiger partial charge in [-0.25, -0.2) is 0 Å². The van der Waals surface area contributed by atoms with E-state index >= 15 is 0 Å². The molecule has 3 heterocycles. The topological polar surface area (TPSA) is 71.1 Å². The van der Waals surface area contributed by atoms with Crippen molar-refractivity contribution in [3.63, 3.8) is 0 Å². The van der Waals surface area contributed by atoms with Crippen molar-refractivity contribution in [3.8, 4) is 0 Å². The SMILES string of the molecule is O=C(c1n[nH]c2c1CCC2)N1CCC(OCc2cccnc2)CC1. The van der Waals surface area contributed by atoms with Crippen LogP contribution in [0.3, 0.4) is 0 Å². The number of likely N-dealkylation sites (tertiary alicyclic amines) is 1. The number of pyridine rings is 1. The molecule has 1 saturated heterocycles. The average Bonchev–Trinajstić information content (AvgIpc) is 3.24. The van der Waals surface area contributed by atoms with Gasteiger partial charge in [0.15, 0.2) is 5.69 Å². The number of ether oxygens (including phenoxy) is 1. The Morgan fingerprint density at radius 2 is 2.21 bits per heavy atom. The Hall–Kier alpha value is -2.21. The number of aromatic amines is 1. The number of aryl methyl sites for hydroxylation is 1. The van der Waals surface area contributed by atoms with Crippen LogP contribution in [-0.4, -0.2) is 45.2 Å². The first kappa shape index (κ1) is 15.3. The van der Waals surface area contributed by atoms with Gasteiger partial charge in [-0.15, -0.1) is 0 Å². The van der Waals surface area contributed by atoms with Gasteiger partial charge in [-0.1, -0.05) is 6.07 Å². The smallest absolute Gasteiger partial charge is 0.274 e. The minimum atomic E-state index is 0.0695. The van der Waals surface area contributed by atoms with Gasteiger partial charge >= 0.3 is 0 Å². The Kier molecular flexibility index (Phi) is 4.30. The van der Waals surface area contributed by atoms with Crippen LogP contribution in [0.5, 0.6) is 0 Å². The van der Waals surface area contributed by atoms with E-state index in [0.29, 0.717) is 12.3 Å². The first-order valence-electron chi connectivity index (χ1n) is 8.67. The molecule has 126 valence electrons. The predicted molar refractivity (Wildman–Crippen MR) is 88.6 cm³/mol. The molecular weight excluding hydrogens is 304 g/mol. The first-order valence-corrected chi connectivity index (χ1v) is 8.67. The summed E-state index contributed by atoms with van der Waals surface area (Å²) in [4.78, 5) is 18.7. The maximum absolute atomic E-state index is 12.7. The first-order chi connectivity index (χ1) is 11.8. The Morgan fingerprint density at radius 3 is 3.00 bits per heavy atom. The fourth-order valence-corrected chi connectivity index (χ4v) is 3.57. The molecule has 1 aliphatic heterocycles. The quantitative estimate of drug-likeness (QED) is 0.934. The standard InChI is InChI=1S/C18H22N4O2/c23-18(17-15-4-1-5-16(15)20-21-17)22-9-6-14(7-10-22)24-12-13-3-2-8-19-11-13/h2-3,8,11,14H,1,4-7,9-10,12H2,(H,20,21). The van der Waals surface area contributed by atoms with Gasteiger partial charge in [-0.3, -0.25) is 14.9 Å². The molecule has 0 aromatic carbocycles. The molecule has 0 radical (unpaired) electrons. The van der Waals surface area contributed by atoms with Crippen molar-refractivity contribution in [1.82, 2.24) is 20.1 Å². The summed E-state index contributed by atoms with van der Waals surface area (Å²) in [5.74, 6) is 0.0695. The Balaban J connectivity index is 1.30. The number of aromatic nitrogens is 3. The summed E-state index contributed by atoms with van der Waals surface area (Å²) in [7, 11) is 0. The number of carbonyl (C=O) groups excluding carboxylic acids is 1. The van der Waals surface area contributed by atoms with E-state index in [1.54, 1.807) is 6.20 Å². The van der Waals surface area contributed by atoms with Crippen LogP contribution in [0.1, 0.15) is 46.6 Å². The molecule has 1 amide bonds. The number of fused-ring (bicyclic) bond motifs is 1. The number of amides is 1. The van der Waals surface area contributed by atoms with Gasteiger partial charge < -0.3 is 9.64 Å². The molecule has 6 nitrogen and oxygen atoms in total. The van der Waals surface area contributed by atoms with Gasteiger partial charge in [0.1, 0.15) is 0 Å². The molecule has 0 unspecified atom stereocenters. The zero-order chi connectivity index (χ0) is 16.4. The lowest BCUT2D eigenvalue weighted by atomic mass is 10.1. The summed E-state index contributed by atoms with van der Waals surface area (Å²) in [5.41, 5.74) is 4.00. The Bertz CT molecular complexity index is 705. The maximum Gasteiger partial charge on any atom is 0.274 e. The van der Waals surface area contributed by atoms with Crippen LogP contribution in [0.15, 0.2) is 24.5 Å². The van der Waals surface area contributed by atoms with E-state index in [0.717, 1.165) is 62.0 Å². The van der Waals surface area contributed by atoms with E-state index in [1.165, 1.54) is 0 Å². The number of nitrogens with zero attached hydrogens (tertiary/aromatic N) is 3. The van der Waals surface area contributed by atoms with E-state index in [1.807, 2.05) is 23.2 Å². The van der Waals surface area contributed by atoms with Gasteiger partial charge in [-0.2, -0.15) is 5.10 Å². The molecule has 2 aliphatic rings. The molecule has 4 rings (SSSR count). The number of hydrogen-bond acceptors (Lipinski definition) is 4. The molecule has 2 aromatic rings. The molecule has 24 heavy (non-hydrogen) atoms. The van der Waals surface area contributed by atoms with Crippen molar-refractivity contribution in [2.24, 2.45) is 0 Å². The summed E-state index contributed by atoms with van der Waals surface area (Å²) in [6, 6.07) is 3.94. The number of piperidine rings is 1. The third kappa shape index (κ3) is 3.06. The third-order valence-electron chi connectivity index (χ3n) is 4.95. The largest absolute Gasteiger partial charge is 0.373 e. The molecule has 1 fully saturated rings. The Morgan fingerprint density at radius 1 is 1.33 bits per heavy atom. The lowest BCUT2D eigenvalue weighted by Crippen LogP contribution is -2.41. The van der Waals surface area contributed by atoms with Crippen molar-refractivity contribution in [1.29, 1.82) is 0 Å². The van der Waals surface area contributed by atoms with Gasteiger partial charge in [0.25, 0.3) is 5.91 Å². The molecule has 1 aliphatic carbocycles. The highest BCUT2D eigenvalue weighted by atomic mass is 16.5. The molecule has 0 bridgehead atoms. The van der Waals surface area contributed by atoms with Crippen LogP contribution in [-0.2, 0) is 24.2 Å². The molecule has 6 heteroatoms. The fourth-order valence-electron chi connectivity index (χ4n) is 3.57. The van der Waals surface area contributed by atoms with Crippen LogP contribution in [0, 0.1) is 0 Å². The van der Waals surface area contributed by atoms with Crippen molar-refractivity contribution in [2.45, 2.75) is 44.8 Å². The highest BCUT2D eigenvalue weighted by Gasteiger charge is 2.29. The molecule has 1 N–H and O–H groups in total. The van der Waals surface area contributed by atoms with Crippen LogP contribution in [0.25, 0.3) is 0 Å². The molecule has 0 saturated carbocycles. The maximum atomic E-state index is 12.7. The summed E-state index contributed by atoms with van der Waals surface area (Å²) < 4.78 is 5.96. The number of carbonyl (C=O) groups is 1. The second kappa shape index (κ2) is 6.73. The van der Waals surface area contributed by atoms with Crippen molar-refractivity contribution in [3.05, 3.63) is 47.0 Å². The zero-order valence-corrected chi connectivity index (χ0v) is 13.7. The summed E-state index contributed by atoms with van der Waals surface area (Å²) in [6.45, 7) is 2.05. The van der Waals surface area contributed by atoms with Crippen molar-refractivity contribution < 1.29 is 9.53 Å². The monoisotopic (exact) mass is 326 g/mol. The van der Waals surface area contributed by atoms with Crippen LogP contribution >= 0.6 is 0 Å². The number of nitrogens with one attached hydrogen (secondary N) is 1. The van der Waals surface area contributed by atoms with Crippen LogP contribution in [0.4, 0.5) is 0 Å². The summed E-state index contributed by atoms with van der Waals surface area (Å²) >= 11 is 0. The second-order valence-corrected chi connectivity index (χ2v) is 6.55. The fraction of sp³-hybridized carbons (Fsp3) is 0.500. The highest BCUT2D eigenvalue weighted by Crippen LogP contribution is 2.25. The van der Waals surface area contributed by atoms with E-state index in [-0.39, 0.29) is 12.0 Å².